The standard InChI is InChI=1S/C10H22O4/c1-4-13-6-5-9(12)10(7-11)14-8(2)3/h8-12H,4-7H2,1-3H3. The molecule has 0 rings (SSSR count). The lowest BCUT2D eigenvalue weighted by atomic mass is 10.1. The van der Waals surface area contributed by atoms with Gasteiger partial charge in [-0.05, 0) is 27.2 Å². The molecule has 0 heterocycles. The molecule has 0 aromatic rings. The average molecular weight is 206 g/mol. The fourth-order valence-electron chi connectivity index (χ4n) is 1.14. The highest BCUT2D eigenvalue weighted by atomic mass is 16.5. The molecule has 0 fully saturated rings. The minimum atomic E-state index is -0.658. The van der Waals surface area contributed by atoms with Crippen molar-refractivity contribution in [3.8, 4) is 0 Å². The predicted octanol–water partition coefficient (Wildman–Crippen LogP) is 0.560. The molecule has 0 aliphatic heterocycles. The number of ether oxygens (including phenoxy) is 2. The Kier molecular flexibility index (Phi) is 8.08. The zero-order chi connectivity index (χ0) is 11.0. The molecule has 0 radical (unpaired) electrons. The summed E-state index contributed by atoms with van der Waals surface area (Å²) in [7, 11) is 0. The zero-order valence-corrected chi connectivity index (χ0v) is 9.27. The van der Waals surface area contributed by atoms with Gasteiger partial charge in [-0.25, -0.2) is 0 Å². The summed E-state index contributed by atoms with van der Waals surface area (Å²) in [5.74, 6) is 0. The van der Waals surface area contributed by atoms with Crippen LogP contribution in [0.3, 0.4) is 0 Å². The van der Waals surface area contributed by atoms with E-state index in [4.69, 9.17) is 14.6 Å². The molecule has 14 heavy (non-hydrogen) atoms. The molecular formula is C10H22O4. The molecule has 0 amide bonds. The Hall–Kier alpha value is -0.160. The molecular weight excluding hydrogens is 184 g/mol. The average Bonchev–Trinajstić information content (AvgIpc) is 2.14. The second-order valence-electron chi connectivity index (χ2n) is 3.46. The smallest absolute Gasteiger partial charge is 0.107 e. The van der Waals surface area contributed by atoms with Gasteiger partial charge >= 0.3 is 0 Å². The van der Waals surface area contributed by atoms with E-state index in [0.29, 0.717) is 19.6 Å². The van der Waals surface area contributed by atoms with Gasteiger partial charge in [0, 0.05) is 13.2 Å². The van der Waals surface area contributed by atoms with Crippen LogP contribution in [0.4, 0.5) is 0 Å². The summed E-state index contributed by atoms with van der Waals surface area (Å²) in [5, 5.41) is 18.6. The maximum Gasteiger partial charge on any atom is 0.107 e. The van der Waals surface area contributed by atoms with Crippen molar-refractivity contribution in [1.82, 2.24) is 0 Å². The van der Waals surface area contributed by atoms with Gasteiger partial charge < -0.3 is 19.7 Å². The number of hydrogen-bond acceptors (Lipinski definition) is 4. The predicted molar refractivity (Wildman–Crippen MR) is 54.2 cm³/mol. The van der Waals surface area contributed by atoms with E-state index in [1.54, 1.807) is 0 Å². The summed E-state index contributed by atoms with van der Waals surface area (Å²) >= 11 is 0. The number of rotatable bonds is 8. The van der Waals surface area contributed by atoms with Gasteiger partial charge in [0.15, 0.2) is 0 Å². The van der Waals surface area contributed by atoms with Gasteiger partial charge in [-0.2, -0.15) is 0 Å². The highest BCUT2D eigenvalue weighted by Gasteiger charge is 2.19. The minimum Gasteiger partial charge on any atom is -0.394 e. The molecule has 4 heteroatoms. The summed E-state index contributed by atoms with van der Waals surface area (Å²) in [6, 6.07) is 0. The highest BCUT2D eigenvalue weighted by molar-refractivity contribution is 4.68. The van der Waals surface area contributed by atoms with E-state index in [2.05, 4.69) is 0 Å². The van der Waals surface area contributed by atoms with Gasteiger partial charge in [0.05, 0.1) is 18.8 Å². The lowest BCUT2D eigenvalue weighted by Crippen LogP contribution is -2.35. The van der Waals surface area contributed by atoms with Gasteiger partial charge in [0.1, 0.15) is 6.10 Å². The summed E-state index contributed by atoms with van der Waals surface area (Å²) in [6.45, 7) is 6.62. The maximum absolute atomic E-state index is 9.62. The van der Waals surface area contributed by atoms with Crippen LogP contribution in [0.1, 0.15) is 27.2 Å². The third-order valence-electron chi connectivity index (χ3n) is 1.82. The van der Waals surface area contributed by atoms with Crippen LogP contribution in [0.2, 0.25) is 0 Å². The molecule has 0 saturated heterocycles. The first-order chi connectivity index (χ1) is 6.61. The molecule has 2 atom stereocenters. The lowest BCUT2D eigenvalue weighted by molar-refractivity contribution is -0.0940. The molecule has 2 N–H and O–H groups in total. The summed E-state index contributed by atoms with van der Waals surface area (Å²) in [6.07, 6.45) is -0.663. The van der Waals surface area contributed by atoms with Crippen molar-refractivity contribution < 1.29 is 19.7 Å². The van der Waals surface area contributed by atoms with E-state index in [0.717, 1.165) is 0 Å². The lowest BCUT2D eigenvalue weighted by Gasteiger charge is -2.23. The van der Waals surface area contributed by atoms with E-state index in [1.165, 1.54) is 0 Å². The fraction of sp³-hybridized carbons (Fsp3) is 1.00. The second-order valence-corrected chi connectivity index (χ2v) is 3.46. The van der Waals surface area contributed by atoms with E-state index >= 15 is 0 Å². The van der Waals surface area contributed by atoms with E-state index in [-0.39, 0.29) is 12.7 Å². The van der Waals surface area contributed by atoms with Gasteiger partial charge in [-0.3, -0.25) is 0 Å². The largest absolute Gasteiger partial charge is 0.394 e. The molecule has 0 aliphatic rings. The Bertz CT molecular complexity index is 127. The van der Waals surface area contributed by atoms with Crippen molar-refractivity contribution >= 4 is 0 Å². The van der Waals surface area contributed by atoms with Gasteiger partial charge in [0.2, 0.25) is 0 Å². The van der Waals surface area contributed by atoms with Crippen LogP contribution < -0.4 is 0 Å². The van der Waals surface area contributed by atoms with Gasteiger partial charge in [-0.1, -0.05) is 0 Å². The normalized spacial score (nSPS) is 15.9. The number of hydrogen-bond donors (Lipinski definition) is 2. The third-order valence-corrected chi connectivity index (χ3v) is 1.82. The van der Waals surface area contributed by atoms with E-state index < -0.39 is 12.2 Å². The van der Waals surface area contributed by atoms with Gasteiger partial charge in [-0.15, -0.1) is 0 Å². The Morgan fingerprint density at radius 1 is 1.29 bits per heavy atom. The first-order valence-corrected chi connectivity index (χ1v) is 5.13. The van der Waals surface area contributed by atoms with Crippen molar-refractivity contribution in [3.63, 3.8) is 0 Å². The summed E-state index contributed by atoms with van der Waals surface area (Å²) in [5.41, 5.74) is 0. The molecule has 86 valence electrons. The number of aliphatic hydroxyl groups is 2. The zero-order valence-electron chi connectivity index (χ0n) is 9.27. The molecule has 0 bridgehead atoms. The molecule has 0 saturated carbocycles. The molecule has 4 nitrogen and oxygen atoms in total. The Labute approximate surface area is 85.8 Å². The van der Waals surface area contributed by atoms with Crippen LogP contribution in [0.25, 0.3) is 0 Å². The Morgan fingerprint density at radius 3 is 2.36 bits per heavy atom. The first-order valence-electron chi connectivity index (χ1n) is 5.13. The molecule has 2 unspecified atom stereocenters. The SMILES string of the molecule is CCOCCC(O)C(CO)OC(C)C. The van der Waals surface area contributed by atoms with Crippen molar-refractivity contribution in [2.75, 3.05) is 19.8 Å². The van der Waals surface area contributed by atoms with Crippen LogP contribution in [-0.2, 0) is 9.47 Å². The van der Waals surface area contributed by atoms with E-state index in [1.807, 2.05) is 20.8 Å². The Balaban J connectivity index is 3.73. The number of aliphatic hydroxyl groups excluding tert-OH is 2. The topological polar surface area (TPSA) is 58.9 Å². The fourth-order valence-corrected chi connectivity index (χ4v) is 1.14. The quantitative estimate of drug-likeness (QED) is 0.570. The van der Waals surface area contributed by atoms with Crippen LogP contribution in [-0.4, -0.2) is 48.3 Å². The van der Waals surface area contributed by atoms with Crippen LogP contribution in [0.15, 0.2) is 0 Å². The third kappa shape index (κ3) is 6.32. The minimum absolute atomic E-state index is 0.00823. The van der Waals surface area contributed by atoms with Crippen molar-refractivity contribution in [1.29, 1.82) is 0 Å². The van der Waals surface area contributed by atoms with Gasteiger partial charge in [0.25, 0.3) is 0 Å². The molecule has 0 aromatic heterocycles. The monoisotopic (exact) mass is 206 g/mol. The van der Waals surface area contributed by atoms with E-state index in [9.17, 15) is 5.11 Å². The highest BCUT2D eigenvalue weighted by Crippen LogP contribution is 2.06. The van der Waals surface area contributed by atoms with Crippen LogP contribution in [0.5, 0.6) is 0 Å². The first kappa shape index (κ1) is 13.8. The summed E-state index contributed by atoms with van der Waals surface area (Å²) < 4.78 is 10.4. The van der Waals surface area contributed by atoms with Crippen molar-refractivity contribution in [3.05, 3.63) is 0 Å². The van der Waals surface area contributed by atoms with Crippen LogP contribution >= 0.6 is 0 Å². The molecule has 0 aromatic carbocycles. The van der Waals surface area contributed by atoms with Crippen molar-refractivity contribution in [2.45, 2.75) is 45.5 Å². The van der Waals surface area contributed by atoms with Crippen LogP contribution in [0, 0.1) is 0 Å². The molecule has 0 spiro atoms. The summed E-state index contributed by atoms with van der Waals surface area (Å²) in [4.78, 5) is 0. The molecule has 0 aliphatic carbocycles. The Morgan fingerprint density at radius 2 is 1.93 bits per heavy atom. The van der Waals surface area contributed by atoms with Crippen molar-refractivity contribution in [2.24, 2.45) is 0 Å². The second kappa shape index (κ2) is 8.17. The maximum atomic E-state index is 9.62.